The topological polar surface area (TPSA) is 29.5 Å². The van der Waals surface area contributed by atoms with Crippen molar-refractivity contribution in [1.29, 1.82) is 0 Å². The molecule has 0 spiro atoms. The molecule has 3 nitrogen and oxygen atoms in total. The van der Waals surface area contributed by atoms with Crippen LogP contribution in [0, 0.1) is 0 Å². The van der Waals surface area contributed by atoms with Crippen LogP contribution in [-0.2, 0) is 0 Å². The first-order valence-electron chi connectivity index (χ1n) is 8.44. The average molecular weight is 388 g/mol. The van der Waals surface area contributed by atoms with Gasteiger partial charge in [0.1, 0.15) is 12.4 Å². The highest BCUT2D eigenvalue weighted by atomic mass is 79.9. The van der Waals surface area contributed by atoms with E-state index in [9.17, 15) is 4.79 Å². The number of hydrogen-bond donors (Lipinski definition) is 0. The Morgan fingerprint density at radius 2 is 1.75 bits per heavy atom. The molecular formula is C20H22BrNO2. The van der Waals surface area contributed by atoms with Gasteiger partial charge >= 0.3 is 0 Å². The van der Waals surface area contributed by atoms with Crippen molar-refractivity contribution in [1.82, 2.24) is 4.90 Å². The Balaban J connectivity index is 1.60. The first-order valence-corrected chi connectivity index (χ1v) is 9.24. The molecule has 1 fully saturated rings. The number of carbonyl (C=O) groups excluding carboxylic acids is 1. The van der Waals surface area contributed by atoms with Crippen LogP contribution in [0.25, 0.3) is 0 Å². The summed E-state index contributed by atoms with van der Waals surface area (Å²) in [7, 11) is 0. The smallest absolute Gasteiger partial charge is 0.193 e. The van der Waals surface area contributed by atoms with Gasteiger partial charge in [-0.05, 0) is 74.5 Å². The van der Waals surface area contributed by atoms with Gasteiger partial charge in [0.25, 0.3) is 0 Å². The number of nitrogens with zero attached hydrogens (tertiary/aromatic N) is 1. The molecule has 0 unspecified atom stereocenters. The second-order valence-electron chi connectivity index (χ2n) is 6.10. The van der Waals surface area contributed by atoms with Gasteiger partial charge in [-0.1, -0.05) is 22.9 Å². The second-order valence-corrected chi connectivity index (χ2v) is 7.01. The molecule has 1 aliphatic heterocycles. The van der Waals surface area contributed by atoms with E-state index in [1.165, 1.54) is 19.4 Å². The molecule has 4 heteroatoms. The van der Waals surface area contributed by atoms with Crippen LogP contribution in [0.1, 0.15) is 35.7 Å². The van der Waals surface area contributed by atoms with E-state index >= 15 is 0 Å². The summed E-state index contributed by atoms with van der Waals surface area (Å²) in [6.07, 6.45) is 2.45. The Kier molecular flexibility index (Phi) is 5.69. The molecule has 2 aromatic rings. The maximum Gasteiger partial charge on any atom is 0.193 e. The van der Waals surface area contributed by atoms with Gasteiger partial charge in [0.05, 0.1) is 0 Å². The first-order chi connectivity index (χ1) is 11.7. The molecule has 2 aromatic carbocycles. The average Bonchev–Trinajstić information content (AvgIpc) is 3.08. The zero-order chi connectivity index (χ0) is 16.9. The van der Waals surface area contributed by atoms with Crippen LogP contribution in [0.5, 0.6) is 5.75 Å². The molecule has 0 aliphatic carbocycles. The molecule has 0 radical (unpaired) electrons. The molecule has 126 valence electrons. The van der Waals surface area contributed by atoms with Crippen molar-refractivity contribution in [3.05, 3.63) is 64.1 Å². The molecule has 0 aromatic heterocycles. The van der Waals surface area contributed by atoms with E-state index in [4.69, 9.17) is 4.74 Å². The minimum Gasteiger partial charge on any atom is -0.492 e. The number of ether oxygens (including phenoxy) is 1. The van der Waals surface area contributed by atoms with Crippen LogP contribution in [0.3, 0.4) is 0 Å². The summed E-state index contributed by atoms with van der Waals surface area (Å²) < 4.78 is 6.89. The van der Waals surface area contributed by atoms with Gasteiger partial charge in [-0.25, -0.2) is 0 Å². The summed E-state index contributed by atoms with van der Waals surface area (Å²) in [6, 6.07) is 15.4. The van der Waals surface area contributed by atoms with Crippen molar-refractivity contribution < 1.29 is 9.53 Å². The third-order valence-electron chi connectivity index (χ3n) is 4.57. The van der Waals surface area contributed by atoms with E-state index in [0.29, 0.717) is 23.8 Å². The summed E-state index contributed by atoms with van der Waals surface area (Å²) in [5.41, 5.74) is 1.37. The monoisotopic (exact) mass is 387 g/mol. The molecule has 1 atom stereocenters. The zero-order valence-electron chi connectivity index (χ0n) is 13.9. The largest absolute Gasteiger partial charge is 0.492 e. The Morgan fingerprint density at radius 1 is 1.12 bits per heavy atom. The summed E-state index contributed by atoms with van der Waals surface area (Å²) >= 11 is 3.38. The molecule has 0 bridgehead atoms. The SMILES string of the molecule is CCN1CCC[C@@H]1COc1ccc(C(=O)c2ccc(Br)cc2)cc1. The van der Waals surface area contributed by atoms with Crippen molar-refractivity contribution in [2.75, 3.05) is 19.7 Å². The third-order valence-corrected chi connectivity index (χ3v) is 5.10. The molecule has 1 heterocycles. The van der Waals surface area contributed by atoms with Gasteiger partial charge in [0.15, 0.2) is 5.78 Å². The normalized spacial score (nSPS) is 17.8. The Hall–Kier alpha value is -1.65. The van der Waals surface area contributed by atoms with Gasteiger partial charge in [-0.3, -0.25) is 9.69 Å². The third kappa shape index (κ3) is 4.05. The molecule has 3 rings (SSSR count). The van der Waals surface area contributed by atoms with Gasteiger partial charge < -0.3 is 4.74 Å². The van der Waals surface area contributed by atoms with Crippen LogP contribution in [0.15, 0.2) is 53.0 Å². The predicted molar refractivity (Wildman–Crippen MR) is 99.8 cm³/mol. The Morgan fingerprint density at radius 3 is 2.38 bits per heavy atom. The molecular weight excluding hydrogens is 366 g/mol. The van der Waals surface area contributed by atoms with E-state index in [2.05, 4.69) is 27.8 Å². The number of rotatable bonds is 6. The number of carbonyl (C=O) groups is 1. The number of likely N-dealkylation sites (tertiary alicyclic amines) is 1. The van der Waals surface area contributed by atoms with Crippen LogP contribution in [-0.4, -0.2) is 36.4 Å². The van der Waals surface area contributed by atoms with Gasteiger partial charge in [0.2, 0.25) is 0 Å². The van der Waals surface area contributed by atoms with Crippen molar-refractivity contribution in [3.8, 4) is 5.75 Å². The first kappa shape index (κ1) is 17.2. The van der Waals surface area contributed by atoms with Crippen molar-refractivity contribution in [3.63, 3.8) is 0 Å². The quantitative estimate of drug-likeness (QED) is 0.681. The van der Waals surface area contributed by atoms with E-state index in [-0.39, 0.29) is 5.78 Å². The predicted octanol–water partition coefficient (Wildman–Crippen LogP) is 4.54. The van der Waals surface area contributed by atoms with Gasteiger partial charge in [0, 0.05) is 21.6 Å². The summed E-state index contributed by atoms with van der Waals surface area (Å²) in [5.74, 6) is 0.854. The fourth-order valence-electron chi connectivity index (χ4n) is 3.16. The molecule has 1 saturated heterocycles. The maximum absolute atomic E-state index is 12.5. The fourth-order valence-corrected chi connectivity index (χ4v) is 3.43. The molecule has 1 aliphatic rings. The number of ketones is 1. The van der Waals surface area contributed by atoms with Crippen molar-refractivity contribution in [2.24, 2.45) is 0 Å². The van der Waals surface area contributed by atoms with E-state index < -0.39 is 0 Å². The number of halogens is 1. The summed E-state index contributed by atoms with van der Waals surface area (Å²) in [6.45, 7) is 5.16. The zero-order valence-corrected chi connectivity index (χ0v) is 15.5. The van der Waals surface area contributed by atoms with E-state index in [1.54, 1.807) is 0 Å². The maximum atomic E-state index is 12.5. The lowest BCUT2D eigenvalue weighted by atomic mass is 10.0. The van der Waals surface area contributed by atoms with Gasteiger partial charge in [-0.15, -0.1) is 0 Å². The van der Waals surface area contributed by atoms with Crippen LogP contribution in [0.4, 0.5) is 0 Å². The lowest BCUT2D eigenvalue weighted by Crippen LogP contribution is -2.33. The second kappa shape index (κ2) is 7.95. The number of likely N-dealkylation sites (N-methyl/N-ethyl adjacent to an activating group) is 1. The molecule has 0 N–H and O–H groups in total. The Labute approximate surface area is 151 Å². The number of hydrogen-bond acceptors (Lipinski definition) is 3. The minimum atomic E-state index is 0.0296. The highest BCUT2D eigenvalue weighted by Gasteiger charge is 2.23. The van der Waals surface area contributed by atoms with Crippen LogP contribution >= 0.6 is 15.9 Å². The summed E-state index contributed by atoms with van der Waals surface area (Å²) in [4.78, 5) is 14.9. The van der Waals surface area contributed by atoms with Crippen molar-refractivity contribution in [2.45, 2.75) is 25.8 Å². The minimum absolute atomic E-state index is 0.0296. The molecule has 0 saturated carbocycles. The number of benzene rings is 2. The van der Waals surface area contributed by atoms with Crippen molar-refractivity contribution >= 4 is 21.7 Å². The van der Waals surface area contributed by atoms with Gasteiger partial charge in [-0.2, -0.15) is 0 Å². The summed E-state index contributed by atoms with van der Waals surface area (Å²) in [5, 5.41) is 0. The highest BCUT2D eigenvalue weighted by molar-refractivity contribution is 9.10. The molecule has 0 amide bonds. The highest BCUT2D eigenvalue weighted by Crippen LogP contribution is 2.20. The fraction of sp³-hybridized carbons (Fsp3) is 0.350. The van der Waals surface area contributed by atoms with Crippen LogP contribution < -0.4 is 4.74 Å². The lowest BCUT2D eigenvalue weighted by molar-refractivity contribution is 0.103. The lowest BCUT2D eigenvalue weighted by Gasteiger charge is -2.22. The van der Waals surface area contributed by atoms with E-state index in [1.807, 2.05) is 48.5 Å². The van der Waals surface area contributed by atoms with Crippen LogP contribution in [0.2, 0.25) is 0 Å². The standard InChI is InChI=1S/C20H22BrNO2/c1-2-22-13-3-4-18(22)14-24-19-11-7-16(8-12-19)20(23)15-5-9-17(21)10-6-15/h5-12,18H,2-4,13-14H2,1H3/t18-/m1/s1. The Bertz CT molecular complexity index is 682. The molecule has 24 heavy (non-hydrogen) atoms. The van der Waals surface area contributed by atoms with E-state index in [0.717, 1.165) is 16.8 Å².